The third-order valence-electron chi connectivity index (χ3n) is 8.06. The summed E-state index contributed by atoms with van der Waals surface area (Å²) in [6, 6.07) is 26.9. The lowest BCUT2D eigenvalue weighted by atomic mass is 10.2. The van der Waals surface area contributed by atoms with E-state index in [9.17, 15) is 14.0 Å². The summed E-state index contributed by atoms with van der Waals surface area (Å²) in [5.74, 6) is 0.417. The quantitative estimate of drug-likeness (QED) is 0.0990. The fraction of sp³-hybridized carbons (Fsp3) is 0.0952. The summed E-state index contributed by atoms with van der Waals surface area (Å²) in [7, 11) is 0. The van der Waals surface area contributed by atoms with E-state index in [0.29, 0.717) is 71.6 Å². The zero-order valence-electron chi connectivity index (χ0n) is 31.8. The highest BCUT2D eigenvalue weighted by Gasteiger charge is 2.16. The second-order valence-electron chi connectivity index (χ2n) is 12.2. The number of thioether (sulfide) groups is 2. The van der Waals surface area contributed by atoms with Gasteiger partial charge in [0, 0.05) is 23.8 Å². The lowest BCUT2D eigenvalue weighted by molar-refractivity contribution is 0.306. The fourth-order valence-corrected chi connectivity index (χ4v) is 8.94. The summed E-state index contributed by atoms with van der Waals surface area (Å²) < 4.78 is 40.8. The molecule has 0 radical (unpaired) electrons. The highest BCUT2D eigenvalue weighted by Crippen LogP contribution is 2.38. The number of nitrogens with one attached hydrogen (secondary N) is 1. The molecule has 0 aliphatic rings. The zero-order valence-corrected chi connectivity index (χ0v) is 37.3. The van der Waals surface area contributed by atoms with Crippen molar-refractivity contribution in [2.24, 2.45) is 0 Å². The summed E-state index contributed by atoms with van der Waals surface area (Å²) in [5.41, 5.74) is 11.0. The van der Waals surface area contributed by atoms with E-state index in [2.05, 4.69) is 31.3 Å². The van der Waals surface area contributed by atoms with Crippen LogP contribution in [0.15, 0.2) is 106 Å². The van der Waals surface area contributed by atoms with Crippen molar-refractivity contribution in [2.45, 2.75) is 21.9 Å². The molecule has 0 saturated carbocycles. The molecule has 10 nitrogen and oxygen atoms in total. The molecule has 0 spiro atoms. The monoisotopic (exact) mass is 948 g/mol. The van der Waals surface area contributed by atoms with Crippen molar-refractivity contribution in [2.75, 3.05) is 23.6 Å². The Morgan fingerprint density at radius 3 is 1.75 bits per heavy atom. The first-order valence-corrected chi connectivity index (χ1v) is 22.7. The number of hydrogen-bond acceptors (Lipinski definition) is 14. The molecule has 4 heterocycles. The summed E-state index contributed by atoms with van der Waals surface area (Å²) in [4.78, 5) is 17.0. The number of aromatic nitrogens is 4. The number of benzene rings is 4. The number of halogens is 5. The predicted molar refractivity (Wildman–Crippen MR) is 245 cm³/mol. The maximum atomic E-state index is 13.3. The fourth-order valence-electron chi connectivity index (χ4n) is 5.20. The van der Waals surface area contributed by atoms with Crippen LogP contribution in [0.25, 0.3) is 20.7 Å². The summed E-state index contributed by atoms with van der Waals surface area (Å²) in [5, 5.41) is 22.8. The Kier molecular flexibility index (Phi) is 15.8. The minimum Gasteiger partial charge on any atom is -0.487 e. The van der Waals surface area contributed by atoms with E-state index in [1.165, 1.54) is 71.1 Å². The van der Waals surface area contributed by atoms with Gasteiger partial charge in [0.15, 0.2) is 20.0 Å². The van der Waals surface area contributed by atoms with Gasteiger partial charge in [-0.25, -0.2) is 28.7 Å². The van der Waals surface area contributed by atoms with E-state index in [-0.39, 0.29) is 24.8 Å². The van der Waals surface area contributed by atoms with Gasteiger partial charge in [0.05, 0.1) is 41.3 Å². The van der Waals surface area contributed by atoms with E-state index in [0.717, 1.165) is 23.6 Å². The molecule has 8 aromatic rings. The third-order valence-corrected chi connectivity index (χ3v) is 13.2. The number of nitriles is 2. The number of rotatable bonds is 10. The highest BCUT2D eigenvalue weighted by molar-refractivity contribution is 8.00. The number of anilines is 3. The Morgan fingerprint density at radius 2 is 1.23 bits per heavy atom. The van der Waals surface area contributed by atoms with Crippen LogP contribution in [0.5, 0.6) is 11.5 Å². The van der Waals surface area contributed by atoms with Crippen molar-refractivity contribution in [3.63, 3.8) is 0 Å². The molecule has 4 aromatic heterocycles. The van der Waals surface area contributed by atoms with Crippen molar-refractivity contribution >= 4 is 119 Å². The summed E-state index contributed by atoms with van der Waals surface area (Å²) in [6.45, 7) is 0.466. The molecule has 0 amide bonds. The maximum Gasteiger partial charge on any atom is 0.173 e. The van der Waals surface area contributed by atoms with Gasteiger partial charge in [0.1, 0.15) is 48.5 Å². The number of fused-ring (bicyclic) bond motifs is 2. The highest BCUT2D eigenvalue weighted by atomic mass is 35.5. The number of pyridine rings is 2. The number of hydrogen-bond donors (Lipinski definition) is 2. The Bertz CT molecular complexity index is 2920. The Balaban J connectivity index is 0.000000169. The molecule has 61 heavy (non-hydrogen) atoms. The Morgan fingerprint density at radius 1 is 0.705 bits per heavy atom. The van der Waals surface area contributed by atoms with Gasteiger partial charge in [-0.05, 0) is 84.3 Å². The van der Waals surface area contributed by atoms with E-state index >= 15 is 0 Å². The summed E-state index contributed by atoms with van der Waals surface area (Å²) >= 11 is 24.3. The SMILES string of the molecule is CSc1nc2ncc(C#N)c(Cl)c2s1.CSc1nc2ncc(C#N)c(Nc3ccc(OCc4cccc(F)c4)c(Cl)c3)c2s1.Nc1ccc(OCc2cccc(F)c2)c(Cl)c1. The van der Waals surface area contributed by atoms with Crippen LogP contribution in [-0.4, -0.2) is 32.4 Å². The molecule has 4 aromatic carbocycles. The van der Waals surface area contributed by atoms with Crippen molar-refractivity contribution in [3.8, 4) is 23.6 Å². The topological polar surface area (TPSA) is 156 Å². The first-order valence-electron chi connectivity index (χ1n) is 17.5. The minimum atomic E-state index is -0.314. The van der Waals surface area contributed by atoms with Gasteiger partial charge in [-0.3, -0.25) is 0 Å². The van der Waals surface area contributed by atoms with Crippen LogP contribution in [0.3, 0.4) is 0 Å². The first-order chi connectivity index (χ1) is 29.5. The van der Waals surface area contributed by atoms with Gasteiger partial charge >= 0.3 is 0 Å². The molecule has 0 aliphatic carbocycles. The van der Waals surface area contributed by atoms with Crippen LogP contribution in [-0.2, 0) is 13.2 Å². The molecule has 0 unspecified atom stereocenters. The zero-order chi connectivity index (χ0) is 43.5. The Hall–Kier alpha value is -5.43. The van der Waals surface area contributed by atoms with Crippen LogP contribution < -0.4 is 20.5 Å². The van der Waals surface area contributed by atoms with Crippen LogP contribution >= 0.6 is 81.0 Å². The van der Waals surface area contributed by atoms with Crippen molar-refractivity contribution < 1.29 is 18.3 Å². The number of nitrogens with two attached hydrogens (primary N) is 1. The second kappa shape index (κ2) is 21.4. The molecule has 0 saturated heterocycles. The van der Waals surface area contributed by atoms with E-state index in [1.54, 1.807) is 72.4 Å². The second-order valence-corrected chi connectivity index (χ2v) is 17.5. The van der Waals surface area contributed by atoms with Crippen LogP contribution in [0.1, 0.15) is 22.3 Å². The molecular formula is C42H29Cl3F2N8O2S4. The average Bonchev–Trinajstić information content (AvgIpc) is 3.89. The molecule has 19 heteroatoms. The predicted octanol–water partition coefficient (Wildman–Crippen LogP) is 13.0. The lowest BCUT2D eigenvalue weighted by Gasteiger charge is -2.12. The number of thiazole rings is 2. The molecule has 0 atom stereocenters. The third kappa shape index (κ3) is 11.9. The van der Waals surface area contributed by atoms with E-state index < -0.39 is 0 Å². The van der Waals surface area contributed by atoms with Gasteiger partial charge in [0.25, 0.3) is 0 Å². The van der Waals surface area contributed by atoms with Crippen molar-refractivity contribution in [1.82, 2.24) is 19.9 Å². The molecule has 0 aliphatic heterocycles. The lowest BCUT2D eigenvalue weighted by Crippen LogP contribution is -1.98. The van der Waals surface area contributed by atoms with Crippen molar-refractivity contribution in [3.05, 3.63) is 146 Å². The normalized spacial score (nSPS) is 10.5. The van der Waals surface area contributed by atoms with E-state index in [1.807, 2.05) is 18.6 Å². The van der Waals surface area contributed by atoms with Crippen molar-refractivity contribution in [1.29, 1.82) is 10.5 Å². The van der Waals surface area contributed by atoms with Gasteiger partial charge in [-0.1, -0.05) is 82.6 Å². The van der Waals surface area contributed by atoms with E-state index in [4.69, 9.17) is 55.3 Å². The minimum absolute atomic E-state index is 0.201. The molecule has 0 fully saturated rings. The number of nitrogens with zero attached hydrogens (tertiary/aromatic N) is 6. The standard InChI is InChI=1S/C21H14ClFN4OS2.C13H11ClFNO.C8H4ClN3S2/c1-29-21-27-20-19(30-21)18(13(9-24)10-25-20)26-15-5-6-17(16(22)8-15)28-11-12-3-2-4-14(23)7-12;14-12-7-11(16)4-5-13(12)17-8-9-2-1-3-10(15)6-9;1-13-8-12-7-6(14-8)5(9)4(2-10)3-11-7/h2-8,10H,11H2,1H3,(H,25,26);1-7H,8,16H2;3H,1H3. The largest absolute Gasteiger partial charge is 0.487 e. The van der Waals surface area contributed by atoms with Crippen LogP contribution in [0.2, 0.25) is 15.1 Å². The molecule has 0 bridgehead atoms. The molecular weight excluding hydrogens is 921 g/mol. The average molecular weight is 950 g/mol. The molecule has 8 rings (SSSR count). The van der Waals surface area contributed by atoms with Crippen LogP contribution in [0, 0.1) is 34.3 Å². The van der Waals surface area contributed by atoms with Gasteiger partial charge in [-0.15, -0.1) is 22.7 Å². The number of nitrogen functional groups attached to an aromatic ring is 1. The van der Waals surface area contributed by atoms with Gasteiger partial charge in [0.2, 0.25) is 0 Å². The van der Waals surface area contributed by atoms with Gasteiger partial charge < -0.3 is 20.5 Å². The smallest absolute Gasteiger partial charge is 0.173 e. The van der Waals surface area contributed by atoms with Crippen LogP contribution in [0.4, 0.5) is 25.8 Å². The summed E-state index contributed by atoms with van der Waals surface area (Å²) in [6.07, 6.45) is 6.84. The Labute approximate surface area is 380 Å². The maximum absolute atomic E-state index is 13.3. The number of ether oxygens (including phenoxy) is 2. The molecule has 308 valence electrons. The molecule has 3 N–H and O–H groups in total. The van der Waals surface area contributed by atoms with Gasteiger partial charge in [-0.2, -0.15) is 10.5 Å². The first kappa shape index (κ1) is 45.1.